The third kappa shape index (κ3) is 3.76. The molecule has 0 radical (unpaired) electrons. The van der Waals surface area contributed by atoms with Gasteiger partial charge in [0.25, 0.3) is 0 Å². The van der Waals surface area contributed by atoms with Crippen LogP contribution in [0.1, 0.15) is 21.5 Å². The number of carboxylic acids is 1. The molecule has 0 aliphatic carbocycles. The molecule has 1 heterocycles. The molecule has 3 rings (SSSR count). The SMILES string of the molecule is NOC(=C(Cn1ccnc1)c1ccccc1)c1cccc(C(=O)O)c1. The van der Waals surface area contributed by atoms with Crippen molar-refractivity contribution >= 4 is 17.3 Å². The predicted molar refractivity (Wildman–Crippen MR) is 94.2 cm³/mol. The van der Waals surface area contributed by atoms with Gasteiger partial charge in [0.05, 0.1) is 18.4 Å². The molecule has 0 fully saturated rings. The van der Waals surface area contributed by atoms with E-state index in [0.29, 0.717) is 17.9 Å². The maximum atomic E-state index is 11.3. The van der Waals surface area contributed by atoms with Gasteiger partial charge in [-0.15, -0.1) is 0 Å². The number of carboxylic acid groups (broad SMARTS) is 1. The zero-order valence-electron chi connectivity index (χ0n) is 13.4. The average molecular weight is 335 g/mol. The molecule has 0 saturated heterocycles. The smallest absolute Gasteiger partial charge is 0.335 e. The lowest BCUT2D eigenvalue weighted by atomic mass is 9.99. The average Bonchev–Trinajstić information content (AvgIpc) is 3.16. The summed E-state index contributed by atoms with van der Waals surface area (Å²) in [5, 5.41) is 9.23. The first-order valence-corrected chi connectivity index (χ1v) is 7.64. The fourth-order valence-corrected chi connectivity index (χ4v) is 2.60. The Morgan fingerprint density at radius 3 is 2.44 bits per heavy atom. The van der Waals surface area contributed by atoms with E-state index >= 15 is 0 Å². The molecule has 25 heavy (non-hydrogen) atoms. The van der Waals surface area contributed by atoms with Crippen LogP contribution in [0.3, 0.4) is 0 Å². The highest BCUT2D eigenvalue weighted by Gasteiger charge is 2.15. The van der Waals surface area contributed by atoms with E-state index in [1.807, 2.05) is 41.1 Å². The van der Waals surface area contributed by atoms with Crippen molar-refractivity contribution < 1.29 is 14.7 Å². The Hall–Kier alpha value is -3.38. The van der Waals surface area contributed by atoms with Crippen LogP contribution < -0.4 is 5.90 Å². The van der Waals surface area contributed by atoms with Crippen molar-refractivity contribution in [1.29, 1.82) is 0 Å². The van der Waals surface area contributed by atoms with Crippen molar-refractivity contribution in [2.45, 2.75) is 6.54 Å². The van der Waals surface area contributed by atoms with E-state index in [4.69, 9.17) is 10.7 Å². The monoisotopic (exact) mass is 335 g/mol. The second-order valence-corrected chi connectivity index (χ2v) is 5.41. The number of nitrogens with two attached hydrogens (primary N) is 1. The summed E-state index contributed by atoms with van der Waals surface area (Å²) in [6, 6.07) is 16.2. The van der Waals surface area contributed by atoms with Gasteiger partial charge in [-0.1, -0.05) is 42.5 Å². The number of aromatic carboxylic acids is 1. The standard InChI is InChI=1S/C19H17N3O3/c20-25-18(15-7-4-8-16(11-15)19(23)24)17(12-22-10-9-21-13-22)14-5-2-1-3-6-14/h1-11,13H,12,20H2,(H,23,24). The number of allylic oxidation sites excluding steroid dienone is 1. The Kier molecular flexibility index (Phi) is 4.92. The van der Waals surface area contributed by atoms with Gasteiger partial charge in [-0.2, -0.15) is 5.90 Å². The van der Waals surface area contributed by atoms with Gasteiger partial charge in [-0.3, -0.25) is 0 Å². The molecule has 0 aliphatic heterocycles. The molecule has 0 atom stereocenters. The summed E-state index contributed by atoms with van der Waals surface area (Å²) in [4.78, 5) is 20.5. The second-order valence-electron chi connectivity index (χ2n) is 5.41. The summed E-state index contributed by atoms with van der Waals surface area (Å²) in [6.07, 6.45) is 5.23. The van der Waals surface area contributed by atoms with Crippen molar-refractivity contribution in [2.24, 2.45) is 5.90 Å². The highest BCUT2D eigenvalue weighted by atomic mass is 16.6. The summed E-state index contributed by atoms with van der Waals surface area (Å²) in [6.45, 7) is 0.480. The highest BCUT2D eigenvalue weighted by Crippen LogP contribution is 2.28. The van der Waals surface area contributed by atoms with Gasteiger partial charge in [0.15, 0.2) is 5.76 Å². The Morgan fingerprint density at radius 1 is 1.08 bits per heavy atom. The molecule has 3 aromatic rings. The number of carbonyl (C=O) groups is 1. The highest BCUT2D eigenvalue weighted by molar-refractivity contribution is 5.92. The van der Waals surface area contributed by atoms with Crippen LogP contribution in [0, 0.1) is 0 Å². The zero-order valence-corrected chi connectivity index (χ0v) is 13.4. The number of benzene rings is 2. The second kappa shape index (κ2) is 7.46. The maximum Gasteiger partial charge on any atom is 0.335 e. The molecular formula is C19H17N3O3. The topological polar surface area (TPSA) is 90.4 Å². The number of rotatable bonds is 6. The zero-order chi connectivity index (χ0) is 17.6. The van der Waals surface area contributed by atoms with E-state index in [0.717, 1.165) is 11.1 Å². The van der Waals surface area contributed by atoms with E-state index in [1.54, 1.807) is 30.7 Å². The van der Waals surface area contributed by atoms with Gasteiger partial charge < -0.3 is 14.5 Å². The number of hydrogen-bond donors (Lipinski definition) is 2. The quantitative estimate of drug-likeness (QED) is 0.410. The summed E-state index contributed by atoms with van der Waals surface area (Å²) in [5.74, 6) is 4.98. The summed E-state index contributed by atoms with van der Waals surface area (Å²) in [7, 11) is 0. The van der Waals surface area contributed by atoms with Crippen LogP contribution in [-0.2, 0) is 11.4 Å². The van der Waals surface area contributed by atoms with Gasteiger partial charge >= 0.3 is 5.97 Å². The Morgan fingerprint density at radius 2 is 1.80 bits per heavy atom. The van der Waals surface area contributed by atoms with Gasteiger partial charge in [0, 0.05) is 23.5 Å². The van der Waals surface area contributed by atoms with Crippen LogP contribution >= 0.6 is 0 Å². The first kappa shape index (κ1) is 16.5. The number of imidazole rings is 1. The molecule has 6 nitrogen and oxygen atoms in total. The fourth-order valence-electron chi connectivity index (χ4n) is 2.60. The third-order valence-electron chi connectivity index (χ3n) is 3.79. The largest absolute Gasteiger partial charge is 0.478 e. The molecule has 0 spiro atoms. The molecular weight excluding hydrogens is 318 g/mol. The number of aromatic nitrogens is 2. The minimum absolute atomic E-state index is 0.169. The molecule has 3 N–H and O–H groups in total. The predicted octanol–water partition coefficient (Wildman–Crippen LogP) is 3.04. The molecule has 0 unspecified atom stereocenters. The van der Waals surface area contributed by atoms with Crippen molar-refractivity contribution in [2.75, 3.05) is 0 Å². The van der Waals surface area contributed by atoms with Crippen LogP contribution in [0.2, 0.25) is 0 Å². The molecule has 1 aromatic heterocycles. The lowest BCUT2D eigenvalue weighted by Gasteiger charge is -2.15. The number of hydrogen-bond acceptors (Lipinski definition) is 4. The molecule has 0 amide bonds. The first-order chi connectivity index (χ1) is 12.2. The van der Waals surface area contributed by atoms with E-state index in [-0.39, 0.29) is 5.56 Å². The van der Waals surface area contributed by atoms with Crippen molar-refractivity contribution in [1.82, 2.24) is 9.55 Å². The Balaban J connectivity index is 2.15. The fraction of sp³-hybridized carbons (Fsp3) is 0.0526. The van der Waals surface area contributed by atoms with Gasteiger partial charge in [-0.25, -0.2) is 9.78 Å². The van der Waals surface area contributed by atoms with Gasteiger partial charge in [0.1, 0.15) is 0 Å². The van der Waals surface area contributed by atoms with E-state index in [2.05, 4.69) is 4.98 Å². The van der Waals surface area contributed by atoms with Crippen LogP contribution in [0.25, 0.3) is 11.3 Å². The van der Waals surface area contributed by atoms with Crippen molar-refractivity contribution in [3.8, 4) is 0 Å². The lowest BCUT2D eigenvalue weighted by Crippen LogP contribution is -2.08. The van der Waals surface area contributed by atoms with Crippen LogP contribution in [0.5, 0.6) is 0 Å². The molecule has 6 heteroatoms. The van der Waals surface area contributed by atoms with Gasteiger partial charge in [-0.05, 0) is 17.7 Å². The third-order valence-corrected chi connectivity index (χ3v) is 3.79. The van der Waals surface area contributed by atoms with Crippen LogP contribution in [0.15, 0.2) is 73.3 Å². The van der Waals surface area contributed by atoms with Gasteiger partial charge in [0.2, 0.25) is 0 Å². The number of nitrogens with zero attached hydrogens (tertiary/aromatic N) is 2. The molecule has 0 saturated carbocycles. The van der Waals surface area contributed by atoms with E-state index in [9.17, 15) is 9.90 Å². The summed E-state index contributed by atoms with van der Waals surface area (Å²) in [5.41, 5.74) is 2.52. The van der Waals surface area contributed by atoms with Crippen molar-refractivity contribution in [3.63, 3.8) is 0 Å². The Labute approximate surface area is 144 Å². The minimum Gasteiger partial charge on any atom is -0.478 e. The van der Waals surface area contributed by atoms with E-state index < -0.39 is 5.97 Å². The maximum absolute atomic E-state index is 11.3. The minimum atomic E-state index is -1.01. The lowest BCUT2D eigenvalue weighted by molar-refractivity contribution is 0.0697. The molecule has 0 aliphatic rings. The first-order valence-electron chi connectivity index (χ1n) is 7.64. The van der Waals surface area contributed by atoms with Crippen LogP contribution in [-0.4, -0.2) is 20.6 Å². The molecule has 0 bridgehead atoms. The molecule has 126 valence electrons. The Bertz CT molecular complexity index is 887. The van der Waals surface area contributed by atoms with Crippen LogP contribution in [0.4, 0.5) is 0 Å². The van der Waals surface area contributed by atoms with E-state index in [1.165, 1.54) is 6.07 Å². The molecule has 2 aromatic carbocycles. The summed E-state index contributed by atoms with van der Waals surface area (Å²) < 4.78 is 1.89. The van der Waals surface area contributed by atoms with Crippen molar-refractivity contribution in [3.05, 3.63) is 90.0 Å². The normalized spacial score (nSPS) is 11.7. The summed E-state index contributed by atoms with van der Waals surface area (Å²) >= 11 is 0.